The Labute approximate surface area is 115 Å². The number of hydrazine groups is 1. The van der Waals surface area contributed by atoms with Crippen LogP contribution in [0.5, 0.6) is 0 Å². The van der Waals surface area contributed by atoms with Gasteiger partial charge in [-0.1, -0.05) is 18.6 Å². The molecule has 0 spiro atoms. The fourth-order valence-electron chi connectivity index (χ4n) is 1.94. The number of nitrogens with one attached hydrogen (secondary N) is 1. The number of thiocarbonyl (C=S) groups is 1. The average Bonchev–Trinajstić information content (AvgIpc) is 2.33. The van der Waals surface area contributed by atoms with Crippen LogP contribution in [0.3, 0.4) is 0 Å². The van der Waals surface area contributed by atoms with Crippen molar-refractivity contribution in [2.45, 2.75) is 19.3 Å². The molecule has 0 unspecified atom stereocenters. The molecular formula is C12H16BrN3S. The van der Waals surface area contributed by atoms with E-state index in [0.717, 1.165) is 28.8 Å². The van der Waals surface area contributed by atoms with Crippen molar-refractivity contribution in [1.82, 2.24) is 5.01 Å². The lowest BCUT2D eigenvalue weighted by atomic mass is 10.1. The van der Waals surface area contributed by atoms with Crippen LogP contribution < -0.4 is 11.2 Å². The molecule has 3 nitrogen and oxygen atoms in total. The normalized spacial score (nSPS) is 16.8. The van der Waals surface area contributed by atoms with E-state index in [4.69, 9.17) is 18.0 Å². The molecule has 1 aliphatic heterocycles. The summed E-state index contributed by atoms with van der Waals surface area (Å²) in [7, 11) is 0. The van der Waals surface area contributed by atoms with Crippen molar-refractivity contribution in [3.05, 3.63) is 28.2 Å². The molecule has 1 aromatic rings. The van der Waals surface area contributed by atoms with Gasteiger partial charge in [0.1, 0.15) is 4.99 Å². The smallest absolute Gasteiger partial charge is 0.104 e. The van der Waals surface area contributed by atoms with Gasteiger partial charge in [0.25, 0.3) is 0 Å². The summed E-state index contributed by atoms with van der Waals surface area (Å²) in [5.74, 6) is 0. The van der Waals surface area contributed by atoms with E-state index >= 15 is 0 Å². The summed E-state index contributed by atoms with van der Waals surface area (Å²) in [5, 5.41) is 2.25. The summed E-state index contributed by atoms with van der Waals surface area (Å²) in [6.45, 7) is 2.20. The zero-order valence-corrected chi connectivity index (χ0v) is 12.0. The topological polar surface area (TPSA) is 41.3 Å². The molecule has 17 heavy (non-hydrogen) atoms. The monoisotopic (exact) mass is 313 g/mol. The second-order valence-corrected chi connectivity index (χ2v) is 5.51. The minimum absolute atomic E-state index is 0.426. The van der Waals surface area contributed by atoms with E-state index in [9.17, 15) is 0 Å². The van der Waals surface area contributed by atoms with Gasteiger partial charge in [0, 0.05) is 23.1 Å². The molecule has 2 rings (SSSR count). The number of hydrogen-bond acceptors (Lipinski definition) is 3. The molecule has 0 aromatic heterocycles. The maximum Gasteiger partial charge on any atom is 0.104 e. The van der Waals surface area contributed by atoms with Crippen molar-refractivity contribution in [2.24, 2.45) is 5.73 Å². The number of anilines is 1. The van der Waals surface area contributed by atoms with E-state index in [1.807, 2.05) is 18.2 Å². The lowest BCUT2D eigenvalue weighted by Crippen LogP contribution is -2.34. The highest BCUT2D eigenvalue weighted by Gasteiger charge is 2.11. The highest BCUT2D eigenvalue weighted by Crippen LogP contribution is 2.25. The van der Waals surface area contributed by atoms with Gasteiger partial charge in [-0.3, -0.25) is 0 Å². The highest BCUT2D eigenvalue weighted by molar-refractivity contribution is 9.10. The van der Waals surface area contributed by atoms with Crippen molar-refractivity contribution in [3.63, 3.8) is 0 Å². The lowest BCUT2D eigenvalue weighted by Gasteiger charge is -2.28. The van der Waals surface area contributed by atoms with Crippen LogP contribution in [0.2, 0.25) is 0 Å². The average molecular weight is 314 g/mol. The molecule has 5 heteroatoms. The number of piperidine rings is 1. The van der Waals surface area contributed by atoms with Crippen LogP contribution in [0.15, 0.2) is 22.7 Å². The van der Waals surface area contributed by atoms with Crippen LogP contribution in [0.1, 0.15) is 24.8 Å². The molecule has 1 heterocycles. The van der Waals surface area contributed by atoms with Gasteiger partial charge in [-0.15, -0.1) is 0 Å². The number of hydrogen-bond donors (Lipinski definition) is 2. The Morgan fingerprint density at radius 3 is 2.59 bits per heavy atom. The SMILES string of the molecule is NC(=S)c1ccc(NN2CCCCC2)c(Br)c1. The largest absolute Gasteiger partial charge is 0.389 e. The zero-order valence-electron chi connectivity index (χ0n) is 9.58. The highest BCUT2D eigenvalue weighted by atomic mass is 79.9. The molecule has 0 radical (unpaired) electrons. The van der Waals surface area contributed by atoms with E-state index in [0.29, 0.717) is 4.99 Å². The van der Waals surface area contributed by atoms with Gasteiger partial charge < -0.3 is 11.2 Å². The first-order valence-electron chi connectivity index (χ1n) is 5.78. The van der Waals surface area contributed by atoms with E-state index < -0.39 is 0 Å². The summed E-state index contributed by atoms with van der Waals surface area (Å²) in [6.07, 6.45) is 3.85. The van der Waals surface area contributed by atoms with Gasteiger partial charge in [0.2, 0.25) is 0 Å². The van der Waals surface area contributed by atoms with Gasteiger partial charge in [0.15, 0.2) is 0 Å². The number of nitrogens with two attached hydrogens (primary N) is 1. The molecule has 0 aliphatic carbocycles. The minimum atomic E-state index is 0.426. The van der Waals surface area contributed by atoms with Gasteiger partial charge in [-0.25, -0.2) is 5.01 Å². The molecule has 1 saturated heterocycles. The molecular weight excluding hydrogens is 298 g/mol. The lowest BCUT2D eigenvalue weighted by molar-refractivity contribution is 0.273. The van der Waals surface area contributed by atoms with Crippen LogP contribution in [-0.2, 0) is 0 Å². The molecule has 1 aromatic carbocycles. The third kappa shape index (κ3) is 3.40. The number of rotatable bonds is 3. The van der Waals surface area contributed by atoms with Crippen LogP contribution >= 0.6 is 28.1 Å². The minimum Gasteiger partial charge on any atom is -0.389 e. The van der Waals surface area contributed by atoms with Gasteiger partial charge >= 0.3 is 0 Å². The zero-order chi connectivity index (χ0) is 12.3. The quantitative estimate of drug-likeness (QED) is 0.842. The molecule has 1 aliphatic rings. The maximum atomic E-state index is 5.60. The molecule has 3 N–H and O–H groups in total. The van der Waals surface area contributed by atoms with Gasteiger partial charge in [-0.2, -0.15) is 0 Å². The van der Waals surface area contributed by atoms with Crippen molar-refractivity contribution in [2.75, 3.05) is 18.5 Å². The Bertz CT molecular complexity index is 416. The van der Waals surface area contributed by atoms with Crippen LogP contribution in [0.4, 0.5) is 5.69 Å². The van der Waals surface area contributed by atoms with E-state index in [-0.39, 0.29) is 0 Å². The predicted molar refractivity (Wildman–Crippen MR) is 79.1 cm³/mol. The fourth-order valence-corrected chi connectivity index (χ4v) is 2.53. The Morgan fingerprint density at radius 2 is 2.00 bits per heavy atom. The summed E-state index contributed by atoms with van der Waals surface area (Å²) >= 11 is 8.49. The predicted octanol–water partition coefficient (Wildman–Crippen LogP) is 2.90. The fraction of sp³-hybridized carbons (Fsp3) is 0.417. The van der Waals surface area contributed by atoms with Crippen LogP contribution in [0.25, 0.3) is 0 Å². The Hall–Kier alpha value is -0.650. The first kappa shape index (κ1) is 12.8. The second kappa shape index (κ2) is 5.80. The number of nitrogens with zero attached hydrogens (tertiary/aromatic N) is 1. The molecule has 0 bridgehead atoms. The van der Waals surface area contributed by atoms with Crippen molar-refractivity contribution >= 4 is 38.8 Å². The molecule has 0 atom stereocenters. The summed E-state index contributed by atoms with van der Waals surface area (Å²) < 4.78 is 0.994. The molecule has 92 valence electrons. The Balaban J connectivity index is 2.08. The molecule has 0 saturated carbocycles. The Kier molecular flexibility index (Phi) is 4.36. The Morgan fingerprint density at radius 1 is 1.29 bits per heavy atom. The number of halogens is 1. The summed E-state index contributed by atoms with van der Waals surface area (Å²) in [4.78, 5) is 0.426. The van der Waals surface area contributed by atoms with Crippen molar-refractivity contribution < 1.29 is 0 Å². The van der Waals surface area contributed by atoms with Crippen molar-refractivity contribution in [1.29, 1.82) is 0 Å². The molecule has 0 amide bonds. The third-order valence-corrected chi connectivity index (χ3v) is 3.78. The summed E-state index contributed by atoms with van der Waals surface area (Å²) in [6, 6.07) is 5.90. The van der Waals surface area contributed by atoms with E-state index in [1.54, 1.807) is 0 Å². The first-order chi connectivity index (χ1) is 8.16. The van der Waals surface area contributed by atoms with Gasteiger partial charge in [0.05, 0.1) is 5.69 Å². The molecule has 1 fully saturated rings. The van der Waals surface area contributed by atoms with Gasteiger partial charge in [-0.05, 0) is 47.0 Å². The van der Waals surface area contributed by atoms with Crippen molar-refractivity contribution in [3.8, 4) is 0 Å². The van der Waals surface area contributed by atoms with E-state index in [2.05, 4.69) is 26.4 Å². The standard InChI is InChI=1S/C12H16BrN3S/c13-10-8-9(12(14)17)4-5-11(10)15-16-6-2-1-3-7-16/h4-5,8,15H,1-3,6-7H2,(H2,14,17). The van der Waals surface area contributed by atoms with Crippen LogP contribution in [0, 0.1) is 0 Å². The second-order valence-electron chi connectivity index (χ2n) is 4.22. The maximum absolute atomic E-state index is 5.60. The first-order valence-corrected chi connectivity index (χ1v) is 6.98. The third-order valence-electron chi connectivity index (χ3n) is 2.89. The number of benzene rings is 1. The summed E-state index contributed by atoms with van der Waals surface area (Å²) in [5.41, 5.74) is 11.0. The van der Waals surface area contributed by atoms with E-state index in [1.165, 1.54) is 19.3 Å². The van der Waals surface area contributed by atoms with Crippen LogP contribution in [-0.4, -0.2) is 23.1 Å².